The van der Waals surface area contributed by atoms with Gasteiger partial charge in [0.1, 0.15) is 12.2 Å². The number of hydrogen-bond acceptors (Lipinski definition) is 6. The molecular weight excluding hydrogens is 330 g/mol. The molecule has 26 heavy (non-hydrogen) atoms. The van der Waals surface area contributed by atoms with Crippen LogP contribution in [0.1, 0.15) is 19.7 Å². The summed E-state index contributed by atoms with van der Waals surface area (Å²) in [6, 6.07) is 1.84. The SMILES string of the molecule is CCNC(=NCCn1cnnc1CC)N1CCN(c2ncccn2)CC1. The molecule has 140 valence electrons. The Kier molecular flexibility index (Phi) is 6.34. The number of guanidine groups is 1. The van der Waals surface area contributed by atoms with Crippen molar-refractivity contribution in [3.05, 3.63) is 30.6 Å². The van der Waals surface area contributed by atoms with Gasteiger partial charge in [0.15, 0.2) is 5.96 Å². The second-order valence-corrected chi connectivity index (χ2v) is 6.05. The number of aliphatic imine (C=N–C) groups is 1. The molecule has 1 aliphatic rings. The van der Waals surface area contributed by atoms with Crippen molar-refractivity contribution in [2.24, 2.45) is 4.99 Å². The molecule has 3 heterocycles. The van der Waals surface area contributed by atoms with Gasteiger partial charge < -0.3 is 19.7 Å². The Morgan fingerprint density at radius 2 is 1.92 bits per heavy atom. The molecule has 0 aliphatic carbocycles. The van der Waals surface area contributed by atoms with E-state index in [0.717, 1.165) is 63.4 Å². The van der Waals surface area contributed by atoms with Crippen LogP contribution in [0.3, 0.4) is 0 Å². The maximum Gasteiger partial charge on any atom is 0.225 e. The van der Waals surface area contributed by atoms with Crippen LogP contribution in [0, 0.1) is 0 Å². The first-order chi connectivity index (χ1) is 12.8. The summed E-state index contributed by atoms with van der Waals surface area (Å²) < 4.78 is 2.07. The molecule has 0 radical (unpaired) electrons. The van der Waals surface area contributed by atoms with Crippen LogP contribution >= 0.6 is 0 Å². The largest absolute Gasteiger partial charge is 0.357 e. The molecule has 0 amide bonds. The summed E-state index contributed by atoms with van der Waals surface area (Å²) in [6.07, 6.45) is 6.23. The van der Waals surface area contributed by atoms with Crippen LogP contribution in [0.2, 0.25) is 0 Å². The molecule has 1 fully saturated rings. The third kappa shape index (κ3) is 4.47. The molecule has 2 aromatic heterocycles. The second-order valence-electron chi connectivity index (χ2n) is 6.05. The molecule has 0 bridgehead atoms. The van der Waals surface area contributed by atoms with Crippen LogP contribution in [0.4, 0.5) is 5.95 Å². The van der Waals surface area contributed by atoms with E-state index in [-0.39, 0.29) is 0 Å². The van der Waals surface area contributed by atoms with Gasteiger partial charge in [-0.25, -0.2) is 9.97 Å². The minimum Gasteiger partial charge on any atom is -0.357 e. The fourth-order valence-corrected chi connectivity index (χ4v) is 3.00. The van der Waals surface area contributed by atoms with Crippen molar-refractivity contribution in [1.29, 1.82) is 0 Å². The van der Waals surface area contributed by atoms with E-state index in [2.05, 4.69) is 53.7 Å². The third-order valence-electron chi connectivity index (χ3n) is 4.36. The lowest BCUT2D eigenvalue weighted by Gasteiger charge is -2.36. The standard InChI is InChI=1S/C17H27N9/c1-3-15-23-22-14-26(15)9-8-21-16(18-4-2)24-10-12-25(13-11-24)17-19-6-5-7-20-17/h5-7,14H,3-4,8-13H2,1-2H3,(H,18,21). The second kappa shape index (κ2) is 9.12. The smallest absolute Gasteiger partial charge is 0.225 e. The first-order valence-electron chi connectivity index (χ1n) is 9.23. The number of aromatic nitrogens is 5. The first-order valence-corrected chi connectivity index (χ1v) is 9.23. The highest BCUT2D eigenvalue weighted by Gasteiger charge is 2.20. The van der Waals surface area contributed by atoms with Crippen molar-refractivity contribution in [3.8, 4) is 0 Å². The van der Waals surface area contributed by atoms with Gasteiger partial charge in [-0.3, -0.25) is 4.99 Å². The molecule has 9 heteroatoms. The minimum absolute atomic E-state index is 0.704. The maximum atomic E-state index is 4.79. The van der Waals surface area contributed by atoms with E-state index in [0.29, 0.717) is 6.54 Å². The Balaban J connectivity index is 1.56. The van der Waals surface area contributed by atoms with Crippen LogP contribution in [0.5, 0.6) is 0 Å². The summed E-state index contributed by atoms with van der Waals surface area (Å²) in [5, 5.41) is 11.5. The van der Waals surface area contributed by atoms with Gasteiger partial charge in [0.05, 0.1) is 6.54 Å². The monoisotopic (exact) mass is 357 g/mol. The Morgan fingerprint density at radius 3 is 2.62 bits per heavy atom. The van der Waals surface area contributed by atoms with E-state index < -0.39 is 0 Å². The van der Waals surface area contributed by atoms with Gasteiger partial charge in [0, 0.05) is 58.1 Å². The molecular formula is C17H27N9. The zero-order valence-electron chi connectivity index (χ0n) is 15.5. The van der Waals surface area contributed by atoms with Crippen molar-refractivity contribution >= 4 is 11.9 Å². The highest BCUT2D eigenvalue weighted by Crippen LogP contribution is 2.09. The summed E-state index contributed by atoms with van der Waals surface area (Å²) in [5.74, 6) is 2.77. The Morgan fingerprint density at radius 1 is 1.15 bits per heavy atom. The Labute approximate surface area is 154 Å². The predicted octanol–water partition coefficient (Wildman–Crippen LogP) is 0.418. The molecule has 9 nitrogen and oxygen atoms in total. The van der Waals surface area contributed by atoms with Crippen LogP contribution < -0.4 is 10.2 Å². The highest BCUT2D eigenvalue weighted by atomic mass is 15.4. The number of aryl methyl sites for hydroxylation is 1. The summed E-state index contributed by atoms with van der Waals surface area (Å²) >= 11 is 0. The van der Waals surface area contributed by atoms with Crippen molar-refractivity contribution < 1.29 is 0 Å². The molecule has 2 aromatic rings. The number of hydrogen-bond donors (Lipinski definition) is 1. The van der Waals surface area contributed by atoms with Crippen molar-refractivity contribution in [2.45, 2.75) is 26.8 Å². The van der Waals surface area contributed by atoms with Crippen LogP contribution in [0.15, 0.2) is 29.8 Å². The predicted molar refractivity (Wildman–Crippen MR) is 101 cm³/mol. The summed E-state index contributed by atoms with van der Waals surface area (Å²) in [5.41, 5.74) is 0. The Hall–Kier alpha value is -2.71. The van der Waals surface area contributed by atoms with E-state index in [4.69, 9.17) is 4.99 Å². The minimum atomic E-state index is 0.704. The van der Waals surface area contributed by atoms with Gasteiger partial charge >= 0.3 is 0 Å². The van der Waals surface area contributed by atoms with E-state index in [1.807, 2.05) is 6.07 Å². The maximum absolute atomic E-state index is 4.79. The van der Waals surface area contributed by atoms with Crippen molar-refractivity contribution in [2.75, 3.05) is 44.2 Å². The number of nitrogens with zero attached hydrogens (tertiary/aromatic N) is 8. The van der Waals surface area contributed by atoms with Crippen LogP contribution in [-0.2, 0) is 13.0 Å². The first kappa shape index (κ1) is 18.1. The lowest BCUT2D eigenvalue weighted by molar-refractivity contribution is 0.370. The van der Waals surface area contributed by atoms with E-state index in [9.17, 15) is 0 Å². The molecule has 3 rings (SSSR count). The quantitative estimate of drug-likeness (QED) is 0.592. The van der Waals surface area contributed by atoms with Gasteiger partial charge in [-0.15, -0.1) is 10.2 Å². The molecule has 1 saturated heterocycles. The van der Waals surface area contributed by atoms with Gasteiger partial charge in [-0.1, -0.05) is 6.92 Å². The average molecular weight is 357 g/mol. The van der Waals surface area contributed by atoms with Crippen molar-refractivity contribution in [1.82, 2.24) is 34.9 Å². The number of anilines is 1. The van der Waals surface area contributed by atoms with E-state index >= 15 is 0 Å². The summed E-state index contributed by atoms with van der Waals surface area (Å²) in [6.45, 7) is 10.1. The van der Waals surface area contributed by atoms with Gasteiger partial charge in [-0.05, 0) is 13.0 Å². The molecule has 0 atom stereocenters. The van der Waals surface area contributed by atoms with Gasteiger partial charge in [0.25, 0.3) is 0 Å². The van der Waals surface area contributed by atoms with E-state index in [1.54, 1.807) is 18.7 Å². The van der Waals surface area contributed by atoms with E-state index in [1.165, 1.54) is 0 Å². The number of piperazine rings is 1. The summed E-state index contributed by atoms with van der Waals surface area (Å²) in [7, 11) is 0. The molecule has 1 aliphatic heterocycles. The lowest BCUT2D eigenvalue weighted by atomic mass is 10.3. The average Bonchev–Trinajstić information content (AvgIpc) is 3.16. The fourth-order valence-electron chi connectivity index (χ4n) is 3.00. The number of rotatable bonds is 6. The molecule has 0 aromatic carbocycles. The molecule has 0 unspecified atom stereocenters. The van der Waals surface area contributed by atoms with Crippen LogP contribution in [0.25, 0.3) is 0 Å². The molecule has 1 N–H and O–H groups in total. The zero-order valence-corrected chi connectivity index (χ0v) is 15.5. The highest BCUT2D eigenvalue weighted by molar-refractivity contribution is 5.80. The van der Waals surface area contributed by atoms with Gasteiger partial charge in [0.2, 0.25) is 5.95 Å². The van der Waals surface area contributed by atoms with Gasteiger partial charge in [-0.2, -0.15) is 0 Å². The van der Waals surface area contributed by atoms with Crippen molar-refractivity contribution in [3.63, 3.8) is 0 Å². The normalized spacial score (nSPS) is 15.4. The number of nitrogens with one attached hydrogen (secondary N) is 1. The third-order valence-corrected chi connectivity index (χ3v) is 4.36. The Bertz CT molecular complexity index is 689. The topological polar surface area (TPSA) is 87.4 Å². The zero-order chi connectivity index (χ0) is 18.2. The van der Waals surface area contributed by atoms with Crippen LogP contribution in [-0.4, -0.2) is 74.9 Å². The fraction of sp³-hybridized carbons (Fsp3) is 0.588. The summed E-state index contributed by atoms with van der Waals surface area (Å²) in [4.78, 5) is 18.0. The lowest BCUT2D eigenvalue weighted by Crippen LogP contribution is -2.53. The molecule has 0 saturated carbocycles. The molecule has 0 spiro atoms.